The molecule has 0 saturated heterocycles. The van der Waals surface area contributed by atoms with Crippen molar-refractivity contribution in [3.05, 3.63) is 150 Å². The van der Waals surface area contributed by atoms with Gasteiger partial charge in [0.25, 0.3) is 0 Å². The number of carbonyl (C=O) groups excluding carboxylic acids is 1. The van der Waals surface area contributed by atoms with Crippen LogP contribution in [0.1, 0.15) is 215 Å². The summed E-state index contributed by atoms with van der Waals surface area (Å²) in [6.45, 7) is 9.01. The molecule has 0 fully saturated rings. The van der Waals surface area contributed by atoms with Gasteiger partial charge in [-0.05, 0) is 192 Å². The van der Waals surface area contributed by atoms with E-state index in [1.807, 2.05) is 104 Å². The SMILES string of the molecule is CCCCCCCCc1cnc(-c2ccc(OCCCCCCOc3cc(OCCCCCCOc4ccc(-c5ncc(CCCCCCCC)cn5)cc4)cc(C(=O)Oc4ccc(-c5ncc(CCCCCCCC)cn5)cc4)c3)cc2)nc1. The summed E-state index contributed by atoms with van der Waals surface area (Å²) in [5, 5.41) is 0. The molecule has 7 rings (SSSR count). The van der Waals surface area contributed by atoms with Gasteiger partial charge in [0.05, 0.1) is 32.0 Å². The van der Waals surface area contributed by atoms with Gasteiger partial charge in [0.15, 0.2) is 17.5 Å². The van der Waals surface area contributed by atoms with Crippen LogP contribution in [0.25, 0.3) is 34.2 Å². The van der Waals surface area contributed by atoms with Crippen molar-refractivity contribution in [1.29, 1.82) is 0 Å². The van der Waals surface area contributed by atoms with Crippen molar-refractivity contribution in [2.75, 3.05) is 26.4 Å². The molecule has 85 heavy (non-hydrogen) atoms. The van der Waals surface area contributed by atoms with Crippen LogP contribution in [-0.2, 0) is 19.3 Å². The molecule has 0 spiro atoms. The highest BCUT2D eigenvalue weighted by Crippen LogP contribution is 2.28. The lowest BCUT2D eigenvalue weighted by molar-refractivity contribution is 0.0733. The predicted molar refractivity (Wildman–Crippen MR) is 344 cm³/mol. The molecule has 0 aliphatic heterocycles. The van der Waals surface area contributed by atoms with Crippen molar-refractivity contribution in [3.8, 4) is 62.9 Å². The molecular weight excluding hydrogens is 1060 g/mol. The van der Waals surface area contributed by atoms with E-state index in [0.717, 1.165) is 122 Å². The lowest BCUT2D eigenvalue weighted by atomic mass is 10.1. The minimum Gasteiger partial charge on any atom is -0.494 e. The lowest BCUT2D eigenvalue weighted by Gasteiger charge is -2.13. The van der Waals surface area contributed by atoms with Gasteiger partial charge in [-0.15, -0.1) is 0 Å². The molecule has 12 nitrogen and oxygen atoms in total. The fourth-order valence-corrected chi connectivity index (χ4v) is 10.2. The minimum atomic E-state index is -0.496. The first-order valence-electron chi connectivity index (χ1n) is 32.6. The van der Waals surface area contributed by atoms with Crippen molar-refractivity contribution in [1.82, 2.24) is 29.9 Å². The van der Waals surface area contributed by atoms with Gasteiger partial charge in [0.1, 0.15) is 28.7 Å². The van der Waals surface area contributed by atoms with E-state index in [9.17, 15) is 4.79 Å². The Labute approximate surface area is 508 Å². The van der Waals surface area contributed by atoms with Crippen LogP contribution in [0.5, 0.6) is 28.7 Å². The van der Waals surface area contributed by atoms with E-state index < -0.39 is 5.97 Å². The van der Waals surface area contributed by atoms with E-state index in [-0.39, 0.29) is 0 Å². The molecular formula is C73H96N6O6. The Morgan fingerprint density at radius 1 is 0.306 bits per heavy atom. The second kappa shape index (κ2) is 39.4. The standard InChI is InChI=1S/C73H96N6O6/c1-4-7-10-13-16-23-30-58-52-74-70(75-53-58)61-33-39-65(40-34-61)81-45-26-19-21-28-47-83-68-49-64(73(80)85-67-43-37-63(38-44-67)72-78-56-60(57-79-72)32-25-18-15-12-9-6-3)50-69(51-68)84-48-29-22-20-27-46-82-66-41-35-62(36-42-66)71-76-54-59(55-77-71)31-24-17-14-11-8-5-2/h33-44,49-57H,4-32,45-48H2,1-3H3. The molecule has 454 valence electrons. The number of aryl methyl sites for hydroxylation is 3. The fraction of sp³-hybridized carbons (Fsp3) is 0.493. The summed E-state index contributed by atoms with van der Waals surface area (Å²) in [7, 11) is 0. The summed E-state index contributed by atoms with van der Waals surface area (Å²) in [6, 6.07) is 28.7. The van der Waals surface area contributed by atoms with Crippen molar-refractivity contribution in [3.63, 3.8) is 0 Å². The highest BCUT2D eigenvalue weighted by atomic mass is 16.5. The Morgan fingerprint density at radius 3 is 0.894 bits per heavy atom. The zero-order valence-electron chi connectivity index (χ0n) is 51.6. The number of unbranched alkanes of at least 4 members (excludes halogenated alkanes) is 21. The molecule has 0 N–H and O–H groups in total. The lowest BCUT2D eigenvalue weighted by Crippen LogP contribution is -2.10. The summed E-state index contributed by atoms with van der Waals surface area (Å²) in [5.74, 6) is 4.83. The maximum absolute atomic E-state index is 13.7. The summed E-state index contributed by atoms with van der Waals surface area (Å²) in [6.07, 6.45) is 45.2. The number of aromatic nitrogens is 6. The molecule has 0 radical (unpaired) electrons. The average molecular weight is 1150 g/mol. The second-order valence-corrected chi connectivity index (χ2v) is 22.7. The first kappa shape index (κ1) is 65.3. The Balaban J connectivity index is 0.829. The van der Waals surface area contributed by atoms with E-state index in [1.54, 1.807) is 24.3 Å². The molecule has 3 aromatic heterocycles. The number of benzene rings is 4. The predicted octanol–water partition coefficient (Wildman–Crippen LogP) is 19.0. The fourth-order valence-electron chi connectivity index (χ4n) is 10.2. The second-order valence-electron chi connectivity index (χ2n) is 22.7. The third kappa shape index (κ3) is 25.1. The molecule has 4 aromatic carbocycles. The van der Waals surface area contributed by atoms with Gasteiger partial charge < -0.3 is 23.7 Å². The quantitative estimate of drug-likeness (QED) is 0.0204. The van der Waals surface area contributed by atoms with E-state index in [2.05, 4.69) is 50.7 Å². The maximum Gasteiger partial charge on any atom is 0.343 e. The molecule has 0 bridgehead atoms. The monoisotopic (exact) mass is 1150 g/mol. The number of hydrogen-bond acceptors (Lipinski definition) is 12. The zero-order valence-corrected chi connectivity index (χ0v) is 51.6. The van der Waals surface area contributed by atoms with Gasteiger partial charge in [0.2, 0.25) is 0 Å². The normalized spacial score (nSPS) is 11.2. The molecule has 0 aliphatic rings. The van der Waals surface area contributed by atoms with Crippen molar-refractivity contribution in [2.45, 2.75) is 207 Å². The Morgan fingerprint density at radius 2 is 0.576 bits per heavy atom. The molecule has 7 aromatic rings. The number of carbonyl (C=O) groups is 1. The Hall–Kier alpha value is -7.21. The van der Waals surface area contributed by atoms with Crippen LogP contribution in [0, 0.1) is 0 Å². The van der Waals surface area contributed by atoms with Crippen molar-refractivity contribution in [2.24, 2.45) is 0 Å². The van der Waals surface area contributed by atoms with Crippen LogP contribution in [-0.4, -0.2) is 62.3 Å². The van der Waals surface area contributed by atoms with Gasteiger partial charge in [-0.25, -0.2) is 34.7 Å². The van der Waals surface area contributed by atoms with E-state index in [4.69, 9.17) is 23.7 Å². The summed E-state index contributed by atoms with van der Waals surface area (Å²) in [4.78, 5) is 41.6. The maximum atomic E-state index is 13.7. The third-order valence-electron chi connectivity index (χ3n) is 15.4. The molecule has 0 atom stereocenters. The zero-order chi connectivity index (χ0) is 59.2. The van der Waals surface area contributed by atoms with E-state index in [1.165, 1.54) is 120 Å². The Bertz CT molecular complexity index is 2750. The van der Waals surface area contributed by atoms with E-state index in [0.29, 0.717) is 55.1 Å². The average Bonchev–Trinajstić information content (AvgIpc) is 3.69. The smallest absolute Gasteiger partial charge is 0.343 e. The van der Waals surface area contributed by atoms with E-state index >= 15 is 0 Å². The largest absolute Gasteiger partial charge is 0.494 e. The van der Waals surface area contributed by atoms with Crippen LogP contribution in [0.4, 0.5) is 0 Å². The highest BCUT2D eigenvalue weighted by molar-refractivity contribution is 5.92. The van der Waals surface area contributed by atoms with Gasteiger partial charge in [0, 0.05) is 59.9 Å². The molecule has 0 aliphatic carbocycles. The van der Waals surface area contributed by atoms with Gasteiger partial charge in [-0.3, -0.25) is 0 Å². The Kier molecular flexibility index (Phi) is 30.3. The van der Waals surface area contributed by atoms with Gasteiger partial charge in [-0.2, -0.15) is 0 Å². The highest BCUT2D eigenvalue weighted by Gasteiger charge is 2.15. The first-order valence-corrected chi connectivity index (χ1v) is 32.6. The summed E-state index contributed by atoms with van der Waals surface area (Å²) >= 11 is 0. The topological polar surface area (TPSA) is 141 Å². The molecule has 0 saturated carbocycles. The summed E-state index contributed by atoms with van der Waals surface area (Å²) < 4.78 is 30.6. The van der Waals surface area contributed by atoms with Crippen LogP contribution in [0.2, 0.25) is 0 Å². The van der Waals surface area contributed by atoms with Crippen LogP contribution < -0.4 is 23.7 Å². The van der Waals surface area contributed by atoms with Gasteiger partial charge in [-0.1, -0.05) is 117 Å². The van der Waals surface area contributed by atoms with Crippen LogP contribution in [0.15, 0.2) is 128 Å². The molecule has 3 heterocycles. The number of rotatable bonds is 44. The first-order chi connectivity index (χ1) is 42.0. The van der Waals surface area contributed by atoms with Crippen molar-refractivity contribution < 1.29 is 28.5 Å². The number of nitrogens with zero attached hydrogens (tertiary/aromatic N) is 6. The molecule has 12 heteroatoms. The number of hydrogen-bond donors (Lipinski definition) is 0. The van der Waals surface area contributed by atoms with Crippen LogP contribution >= 0.6 is 0 Å². The van der Waals surface area contributed by atoms with Gasteiger partial charge >= 0.3 is 5.97 Å². The number of esters is 1. The van der Waals surface area contributed by atoms with Crippen molar-refractivity contribution >= 4 is 5.97 Å². The summed E-state index contributed by atoms with van der Waals surface area (Å²) in [5.41, 5.74) is 6.71. The minimum absolute atomic E-state index is 0.352. The molecule has 0 unspecified atom stereocenters. The third-order valence-corrected chi connectivity index (χ3v) is 15.4. The van der Waals surface area contributed by atoms with Crippen LogP contribution in [0.3, 0.4) is 0 Å². The number of ether oxygens (including phenoxy) is 5. The molecule has 0 amide bonds.